The summed E-state index contributed by atoms with van der Waals surface area (Å²) in [7, 11) is -4.35. The predicted molar refractivity (Wildman–Crippen MR) is 34.9 cm³/mol. The third kappa shape index (κ3) is 8.67. The molecule has 6 nitrogen and oxygen atoms in total. The molecule has 0 fully saturated rings. The summed E-state index contributed by atoms with van der Waals surface area (Å²) in [5, 5.41) is 8.18. The number of carboxylic acids is 1. The summed E-state index contributed by atoms with van der Waals surface area (Å²) < 4.78 is 10.1. The Labute approximate surface area is 91.6 Å². The predicted octanol–water partition coefficient (Wildman–Crippen LogP) is -4.66. The van der Waals surface area contributed by atoms with Gasteiger partial charge < -0.3 is 25.2 Å². The summed E-state index contributed by atoms with van der Waals surface area (Å²) in [4.78, 5) is 28.3. The van der Waals surface area contributed by atoms with Crippen LogP contribution in [-0.2, 0) is 9.36 Å². The second kappa shape index (κ2) is 6.10. The molecule has 0 radical (unpaired) electrons. The zero-order valence-corrected chi connectivity index (χ0v) is 9.53. The van der Waals surface area contributed by atoms with Crippen molar-refractivity contribution in [2.24, 2.45) is 5.73 Å². The van der Waals surface area contributed by atoms with Crippen LogP contribution in [0.15, 0.2) is 0 Å². The van der Waals surface area contributed by atoms with Gasteiger partial charge in [0.2, 0.25) is 0 Å². The van der Waals surface area contributed by atoms with Crippen molar-refractivity contribution < 1.29 is 53.8 Å². The molecule has 0 aliphatic rings. The maximum Gasteiger partial charge on any atom is 1.00 e. The van der Waals surface area contributed by atoms with Gasteiger partial charge in [-0.2, -0.15) is 0 Å². The van der Waals surface area contributed by atoms with Gasteiger partial charge in [-0.15, -0.1) is 0 Å². The minimum absolute atomic E-state index is 0. The number of nitrogens with two attached hydrogens (primary N) is 1. The molecule has 4 N–H and O–H groups in total. The van der Waals surface area contributed by atoms with Crippen LogP contribution in [-0.4, -0.2) is 28.2 Å². The molecule has 2 atom stereocenters. The largest absolute Gasteiger partial charge is 1.00 e. The first-order chi connectivity index (χ1) is 4.83. The van der Waals surface area contributed by atoms with Crippen molar-refractivity contribution >= 4 is 13.6 Å². The van der Waals surface area contributed by atoms with Crippen molar-refractivity contribution in [3.8, 4) is 0 Å². The summed E-state index contributed by atoms with van der Waals surface area (Å²) in [6.45, 7) is 0. The van der Waals surface area contributed by atoms with Crippen LogP contribution in [0.5, 0.6) is 0 Å². The monoisotopic (exact) mass is 205 g/mol. The SMILES string of the molecule is N[C@H](CCP(=O)([O-])O)C(=O)O.[Na+]. The Bertz CT molecular complexity index is 192. The first-order valence-electron chi connectivity index (χ1n) is 2.84. The third-order valence-corrected chi connectivity index (χ3v) is 1.86. The van der Waals surface area contributed by atoms with Crippen LogP contribution in [0.25, 0.3) is 0 Å². The van der Waals surface area contributed by atoms with Gasteiger partial charge in [0.05, 0.1) is 0 Å². The van der Waals surface area contributed by atoms with Crippen molar-refractivity contribution in [3.05, 3.63) is 0 Å². The fraction of sp³-hybridized carbons (Fsp3) is 0.750. The van der Waals surface area contributed by atoms with Crippen LogP contribution in [0, 0.1) is 0 Å². The Kier molecular flexibility index (Phi) is 7.66. The average Bonchev–Trinajstić information content (AvgIpc) is 1.80. The molecule has 0 amide bonds. The first kappa shape index (κ1) is 15.1. The topological polar surface area (TPSA) is 124 Å². The fourth-order valence-electron chi connectivity index (χ4n) is 0.426. The van der Waals surface area contributed by atoms with Crippen LogP contribution in [0.3, 0.4) is 0 Å². The number of aliphatic carboxylic acids is 1. The molecule has 0 heterocycles. The normalized spacial score (nSPS) is 17.2. The third-order valence-electron chi connectivity index (χ3n) is 1.04. The summed E-state index contributed by atoms with van der Waals surface area (Å²) in [6, 6.07) is -1.23. The molecule has 12 heavy (non-hydrogen) atoms. The van der Waals surface area contributed by atoms with E-state index in [0.29, 0.717) is 0 Å². The second-order valence-electron chi connectivity index (χ2n) is 2.09. The van der Waals surface area contributed by atoms with Gasteiger partial charge in [0.25, 0.3) is 0 Å². The van der Waals surface area contributed by atoms with Gasteiger partial charge in [0, 0.05) is 6.16 Å². The maximum absolute atomic E-state index is 10.1. The Hall–Kier alpha value is 0.580. The quantitative estimate of drug-likeness (QED) is 0.313. The summed E-state index contributed by atoms with van der Waals surface area (Å²) in [6.07, 6.45) is -0.868. The Morgan fingerprint density at radius 1 is 1.67 bits per heavy atom. The average molecular weight is 205 g/mol. The molecule has 0 spiro atoms. The fourth-order valence-corrected chi connectivity index (χ4v) is 1.03. The molecule has 0 aromatic rings. The van der Waals surface area contributed by atoms with E-state index in [0.717, 1.165) is 0 Å². The standard InChI is InChI=1S/C4H10NO5P.Na/c5-3(4(6)7)1-2-11(8,9)10;/h3H,1-2,5H2,(H,6,7)(H2,8,9,10);/q;+1/p-1/t3-;/m1./s1. The molecule has 0 aliphatic heterocycles. The van der Waals surface area contributed by atoms with Crippen molar-refractivity contribution in [1.29, 1.82) is 0 Å². The molecule has 66 valence electrons. The Morgan fingerprint density at radius 2 is 2.08 bits per heavy atom. The zero-order valence-electron chi connectivity index (χ0n) is 6.64. The number of carbonyl (C=O) groups is 1. The zero-order chi connectivity index (χ0) is 9.07. The van der Waals surface area contributed by atoms with Gasteiger partial charge in [0.15, 0.2) is 0 Å². The smallest absolute Gasteiger partial charge is 0.779 e. The molecular weight excluding hydrogens is 196 g/mol. The van der Waals surface area contributed by atoms with E-state index in [1.165, 1.54) is 0 Å². The molecule has 0 aromatic heterocycles. The van der Waals surface area contributed by atoms with E-state index >= 15 is 0 Å². The number of hydrogen-bond acceptors (Lipinski definition) is 4. The van der Waals surface area contributed by atoms with Gasteiger partial charge in [-0.05, 0) is 6.42 Å². The van der Waals surface area contributed by atoms with Crippen LogP contribution < -0.4 is 40.2 Å². The van der Waals surface area contributed by atoms with E-state index in [-0.39, 0.29) is 36.0 Å². The van der Waals surface area contributed by atoms with E-state index in [2.05, 4.69) is 0 Å². The van der Waals surface area contributed by atoms with Gasteiger partial charge in [-0.1, -0.05) is 0 Å². The van der Waals surface area contributed by atoms with Crippen LogP contribution >= 0.6 is 7.60 Å². The van der Waals surface area contributed by atoms with Gasteiger partial charge >= 0.3 is 35.5 Å². The Morgan fingerprint density at radius 3 is 2.33 bits per heavy atom. The van der Waals surface area contributed by atoms with Gasteiger partial charge in [-0.25, -0.2) is 0 Å². The minimum Gasteiger partial charge on any atom is -0.779 e. The summed E-state index contributed by atoms with van der Waals surface area (Å²) >= 11 is 0. The van der Waals surface area contributed by atoms with Crippen LogP contribution in [0.2, 0.25) is 0 Å². The van der Waals surface area contributed by atoms with E-state index in [1.54, 1.807) is 0 Å². The maximum atomic E-state index is 10.1. The molecule has 1 unspecified atom stereocenters. The Balaban J connectivity index is 0. The van der Waals surface area contributed by atoms with E-state index in [9.17, 15) is 14.3 Å². The molecule has 0 aliphatic carbocycles. The van der Waals surface area contributed by atoms with Crippen molar-refractivity contribution in [2.75, 3.05) is 6.16 Å². The number of hydrogen-bond donors (Lipinski definition) is 3. The molecule has 0 rings (SSSR count). The minimum atomic E-state index is -4.35. The molecule has 0 saturated heterocycles. The molecule has 0 bridgehead atoms. The van der Waals surface area contributed by atoms with E-state index in [4.69, 9.17) is 15.7 Å². The first-order valence-corrected chi connectivity index (χ1v) is 4.60. The second-order valence-corrected chi connectivity index (χ2v) is 3.82. The van der Waals surface area contributed by atoms with Crippen LogP contribution in [0.4, 0.5) is 0 Å². The van der Waals surface area contributed by atoms with Crippen LogP contribution in [0.1, 0.15) is 6.42 Å². The van der Waals surface area contributed by atoms with E-state index < -0.39 is 25.8 Å². The van der Waals surface area contributed by atoms with E-state index in [1.807, 2.05) is 0 Å². The molecule has 8 heteroatoms. The van der Waals surface area contributed by atoms with Gasteiger partial charge in [0.1, 0.15) is 13.6 Å². The molecular formula is C4H9NNaO5P. The van der Waals surface area contributed by atoms with Crippen molar-refractivity contribution in [2.45, 2.75) is 12.5 Å². The summed E-state index contributed by atoms with van der Waals surface area (Å²) in [5.74, 6) is -1.28. The number of carboxylic acid groups (broad SMARTS) is 1. The molecule has 0 aromatic carbocycles. The van der Waals surface area contributed by atoms with Gasteiger partial charge in [-0.3, -0.25) is 4.79 Å². The summed E-state index contributed by atoms with van der Waals surface area (Å²) in [5.41, 5.74) is 4.95. The van der Waals surface area contributed by atoms with Crippen molar-refractivity contribution in [3.63, 3.8) is 0 Å². The molecule has 0 saturated carbocycles. The number of rotatable bonds is 4. The van der Waals surface area contributed by atoms with Crippen molar-refractivity contribution in [1.82, 2.24) is 0 Å².